The van der Waals surface area contributed by atoms with E-state index in [9.17, 15) is 18.0 Å². The van der Waals surface area contributed by atoms with Gasteiger partial charge in [0.1, 0.15) is 6.61 Å². The van der Waals surface area contributed by atoms with Gasteiger partial charge in [0.15, 0.2) is 0 Å². The van der Waals surface area contributed by atoms with Crippen molar-refractivity contribution in [3.8, 4) is 0 Å². The summed E-state index contributed by atoms with van der Waals surface area (Å²) >= 11 is 0. The third-order valence-electron chi connectivity index (χ3n) is 5.18. The van der Waals surface area contributed by atoms with E-state index in [0.717, 1.165) is 11.6 Å². The minimum atomic E-state index is -3.79. The fourth-order valence-corrected chi connectivity index (χ4v) is 5.57. The van der Waals surface area contributed by atoms with Crippen molar-refractivity contribution in [2.45, 2.75) is 37.4 Å². The summed E-state index contributed by atoms with van der Waals surface area (Å²) in [4.78, 5) is 25.6. The van der Waals surface area contributed by atoms with E-state index in [1.165, 1.54) is 33.5 Å². The first kappa shape index (κ1) is 23.5. The number of piperazine rings is 1. The van der Waals surface area contributed by atoms with Gasteiger partial charge in [-0.1, -0.05) is 36.9 Å². The highest BCUT2D eigenvalue weighted by Crippen LogP contribution is 2.26. The Morgan fingerprint density at radius 3 is 2.22 bits per heavy atom. The lowest BCUT2D eigenvalue weighted by Crippen LogP contribution is -2.59. The number of amides is 2. The molecular weight excluding hydrogens is 430 g/mol. The van der Waals surface area contributed by atoms with Gasteiger partial charge in [0.05, 0.1) is 4.90 Å². The minimum absolute atomic E-state index is 0.118. The molecule has 1 fully saturated rings. The van der Waals surface area contributed by atoms with E-state index in [1.807, 2.05) is 30.3 Å². The van der Waals surface area contributed by atoms with Crippen LogP contribution in [0.3, 0.4) is 0 Å². The molecule has 1 N–H and O–H groups in total. The number of nitrogens with one attached hydrogen (secondary N) is 1. The van der Waals surface area contributed by atoms with Gasteiger partial charge in [0.25, 0.3) is 0 Å². The van der Waals surface area contributed by atoms with Gasteiger partial charge in [0, 0.05) is 30.9 Å². The molecule has 0 bridgehead atoms. The van der Waals surface area contributed by atoms with E-state index in [2.05, 4.69) is 11.9 Å². The highest BCUT2D eigenvalue weighted by atomic mass is 32.2. The number of carbonyl (C=O) groups excluding carboxylic acids is 2. The Bertz CT molecular complexity index is 1060. The summed E-state index contributed by atoms with van der Waals surface area (Å²) in [5.41, 5.74) is 1.36. The quantitative estimate of drug-likeness (QED) is 0.672. The first-order valence-corrected chi connectivity index (χ1v) is 11.7. The summed E-state index contributed by atoms with van der Waals surface area (Å²) in [6.45, 7) is 7.54. The second-order valence-electron chi connectivity index (χ2n) is 7.70. The Morgan fingerprint density at radius 1 is 1.06 bits per heavy atom. The molecule has 0 aliphatic carbocycles. The molecule has 2 atom stereocenters. The number of carbonyl (C=O) groups is 2. The third-order valence-corrected chi connectivity index (χ3v) is 7.33. The zero-order valence-corrected chi connectivity index (χ0v) is 18.9. The second kappa shape index (κ2) is 9.97. The van der Waals surface area contributed by atoms with Crippen LogP contribution in [0.15, 0.2) is 72.1 Å². The molecule has 1 aliphatic rings. The van der Waals surface area contributed by atoms with Crippen molar-refractivity contribution in [1.82, 2.24) is 9.21 Å². The lowest BCUT2D eigenvalue weighted by molar-refractivity contribution is -0.111. The topological polar surface area (TPSA) is 96.0 Å². The van der Waals surface area contributed by atoms with Crippen molar-refractivity contribution < 1.29 is 22.7 Å². The minimum Gasteiger partial charge on any atom is -0.445 e. The average Bonchev–Trinajstić information content (AvgIpc) is 2.77. The number of hydrogen-bond acceptors (Lipinski definition) is 5. The molecule has 1 heterocycles. The molecule has 0 unspecified atom stereocenters. The van der Waals surface area contributed by atoms with Gasteiger partial charge in [-0.05, 0) is 49.8 Å². The largest absolute Gasteiger partial charge is 0.445 e. The van der Waals surface area contributed by atoms with Gasteiger partial charge in [-0.25, -0.2) is 13.2 Å². The smallest absolute Gasteiger partial charge is 0.410 e. The predicted octanol–water partition coefficient (Wildman–Crippen LogP) is 3.23. The summed E-state index contributed by atoms with van der Waals surface area (Å²) in [6.07, 6.45) is 0.671. The fourth-order valence-electron chi connectivity index (χ4n) is 3.77. The van der Waals surface area contributed by atoms with Gasteiger partial charge in [-0.3, -0.25) is 4.79 Å². The van der Waals surface area contributed by atoms with Gasteiger partial charge in [-0.15, -0.1) is 0 Å². The molecule has 3 rings (SSSR count). The van der Waals surface area contributed by atoms with Crippen LogP contribution in [-0.2, 0) is 26.2 Å². The van der Waals surface area contributed by atoms with Crippen LogP contribution in [0.5, 0.6) is 0 Å². The lowest BCUT2D eigenvalue weighted by atomic mass is 10.1. The maximum Gasteiger partial charge on any atom is 0.410 e. The summed E-state index contributed by atoms with van der Waals surface area (Å²) in [6, 6.07) is 14.5. The molecule has 32 heavy (non-hydrogen) atoms. The molecule has 170 valence electrons. The highest BCUT2D eigenvalue weighted by molar-refractivity contribution is 7.89. The van der Waals surface area contributed by atoms with Crippen LogP contribution < -0.4 is 5.32 Å². The van der Waals surface area contributed by atoms with Crippen molar-refractivity contribution >= 4 is 27.7 Å². The number of hydrogen-bond donors (Lipinski definition) is 1. The van der Waals surface area contributed by atoms with Gasteiger partial charge in [0.2, 0.25) is 15.9 Å². The third kappa shape index (κ3) is 5.35. The van der Waals surface area contributed by atoms with E-state index in [1.54, 1.807) is 13.8 Å². The number of anilines is 1. The Labute approximate surface area is 188 Å². The van der Waals surface area contributed by atoms with Crippen LogP contribution in [0, 0.1) is 0 Å². The van der Waals surface area contributed by atoms with Crippen LogP contribution >= 0.6 is 0 Å². The number of sulfonamides is 1. The normalized spacial score (nSPS) is 19.2. The molecule has 1 saturated heterocycles. The van der Waals surface area contributed by atoms with Crippen LogP contribution in [0.25, 0.3) is 0 Å². The highest BCUT2D eigenvalue weighted by Gasteiger charge is 2.40. The van der Waals surface area contributed by atoms with E-state index in [-0.39, 0.29) is 30.5 Å². The lowest BCUT2D eigenvalue weighted by Gasteiger charge is -2.42. The fraction of sp³-hybridized carbons (Fsp3) is 0.304. The summed E-state index contributed by atoms with van der Waals surface area (Å²) in [5.74, 6) is -0.377. The first-order valence-electron chi connectivity index (χ1n) is 10.2. The maximum absolute atomic E-state index is 13.3. The molecule has 2 aromatic rings. The van der Waals surface area contributed by atoms with Crippen LogP contribution in [0.1, 0.15) is 19.4 Å². The standard InChI is InChI=1S/C23H27N3O5S/c1-4-22(27)24-20-10-12-21(13-11-20)32(29,30)26-17(2)14-25(15-18(26)3)23(28)31-16-19-8-6-5-7-9-19/h4-13,17-18H,1,14-16H2,2-3H3,(H,24,27)/t17-,18+. The van der Waals surface area contributed by atoms with E-state index in [4.69, 9.17) is 4.74 Å². The Balaban J connectivity index is 1.67. The van der Waals surface area contributed by atoms with Gasteiger partial charge in [-0.2, -0.15) is 4.31 Å². The molecule has 8 nitrogen and oxygen atoms in total. The first-order chi connectivity index (χ1) is 15.2. The zero-order chi connectivity index (χ0) is 23.3. The van der Waals surface area contributed by atoms with Crippen LogP contribution in [0.4, 0.5) is 10.5 Å². The number of benzene rings is 2. The molecule has 0 spiro atoms. The molecule has 0 aromatic heterocycles. The zero-order valence-electron chi connectivity index (χ0n) is 18.1. The Hall–Kier alpha value is -3.17. The molecule has 2 amide bonds. The summed E-state index contributed by atoms with van der Waals surface area (Å²) < 4.78 is 33.4. The molecule has 2 aromatic carbocycles. The van der Waals surface area contributed by atoms with Crippen LogP contribution in [-0.4, -0.2) is 54.8 Å². The number of nitrogens with zero attached hydrogens (tertiary/aromatic N) is 2. The number of ether oxygens (including phenoxy) is 1. The summed E-state index contributed by atoms with van der Waals surface area (Å²) in [7, 11) is -3.79. The molecule has 0 saturated carbocycles. The molecule has 9 heteroatoms. The van der Waals surface area contributed by atoms with Gasteiger partial charge >= 0.3 is 6.09 Å². The Morgan fingerprint density at radius 2 is 1.66 bits per heavy atom. The summed E-state index contributed by atoms with van der Waals surface area (Å²) in [5, 5.41) is 2.59. The average molecular weight is 458 g/mol. The van der Waals surface area contributed by atoms with E-state index < -0.39 is 28.2 Å². The van der Waals surface area contributed by atoms with Crippen molar-refractivity contribution in [1.29, 1.82) is 0 Å². The van der Waals surface area contributed by atoms with Crippen molar-refractivity contribution in [2.24, 2.45) is 0 Å². The molecule has 1 aliphatic heterocycles. The monoisotopic (exact) mass is 457 g/mol. The maximum atomic E-state index is 13.3. The predicted molar refractivity (Wildman–Crippen MR) is 121 cm³/mol. The molecular formula is C23H27N3O5S. The van der Waals surface area contributed by atoms with Crippen LogP contribution in [0.2, 0.25) is 0 Å². The molecule has 0 radical (unpaired) electrons. The second-order valence-corrected chi connectivity index (χ2v) is 9.54. The van der Waals surface area contributed by atoms with E-state index in [0.29, 0.717) is 5.69 Å². The van der Waals surface area contributed by atoms with Crippen molar-refractivity contribution in [3.05, 3.63) is 72.8 Å². The SMILES string of the molecule is C=CC(=O)Nc1ccc(S(=O)(=O)N2[C@H](C)CN(C(=O)OCc3ccccc3)C[C@@H]2C)cc1. The Kier molecular flexibility index (Phi) is 7.32. The van der Waals surface area contributed by atoms with Gasteiger partial charge < -0.3 is 15.0 Å². The van der Waals surface area contributed by atoms with E-state index >= 15 is 0 Å². The number of rotatable bonds is 6. The van der Waals surface area contributed by atoms with Crippen molar-refractivity contribution in [2.75, 3.05) is 18.4 Å². The van der Waals surface area contributed by atoms with Crippen molar-refractivity contribution in [3.63, 3.8) is 0 Å².